The van der Waals surface area contributed by atoms with Gasteiger partial charge in [0.25, 0.3) is 0 Å². The molecule has 0 fully saturated rings. The van der Waals surface area contributed by atoms with Gasteiger partial charge in [-0.25, -0.2) is 9.78 Å². The van der Waals surface area contributed by atoms with Gasteiger partial charge in [0.15, 0.2) is 0 Å². The number of nitrogens with zero attached hydrogens (tertiary/aromatic N) is 2. The van der Waals surface area contributed by atoms with Crippen LogP contribution in [0.5, 0.6) is 5.75 Å². The number of nitrogens with one attached hydrogen (secondary N) is 1. The number of carbonyl (C=O) groups excluding carboxylic acids is 2. The Hall–Kier alpha value is -2.83. The van der Waals surface area contributed by atoms with Gasteiger partial charge >= 0.3 is 5.97 Å². The number of rotatable bonds is 5. The summed E-state index contributed by atoms with van der Waals surface area (Å²) in [5.41, 5.74) is 2.54. The van der Waals surface area contributed by atoms with E-state index in [9.17, 15) is 9.59 Å². The van der Waals surface area contributed by atoms with E-state index >= 15 is 0 Å². The zero-order chi connectivity index (χ0) is 17.8. The van der Waals surface area contributed by atoms with Crippen LogP contribution in [0.1, 0.15) is 23.9 Å². The molecule has 1 aliphatic rings. The molecule has 25 heavy (non-hydrogen) atoms. The van der Waals surface area contributed by atoms with Gasteiger partial charge in [0.2, 0.25) is 5.91 Å². The number of aromatic nitrogens is 2. The minimum Gasteiger partial charge on any atom is -0.494 e. The third-order valence-electron chi connectivity index (χ3n) is 4.28. The predicted molar refractivity (Wildman–Crippen MR) is 90.0 cm³/mol. The van der Waals surface area contributed by atoms with Crippen LogP contribution < -0.4 is 4.74 Å². The van der Waals surface area contributed by atoms with Gasteiger partial charge in [-0.3, -0.25) is 4.79 Å². The second kappa shape index (κ2) is 7.38. The summed E-state index contributed by atoms with van der Waals surface area (Å²) in [5, 5.41) is 0. The van der Waals surface area contributed by atoms with Gasteiger partial charge in [0.05, 0.1) is 44.4 Å². The van der Waals surface area contributed by atoms with E-state index in [1.54, 1.807) is 11.2 Å². The van der Waals surface area contributed by atoms with Crippen molar-refractivity contribution in [2.75, 3.05) is 13.7 Å². The summed E-state index contributed by atoms with van der Waals surface area (Å²) in [7, 11) is 1.33. The van der Waals surface area contributed by atoms with Crippen molar-refractivity contribution in [2.45, 2.75) is 32.4 Å². The molecule has 2 heterocycles. The number of H-pyrrole nitrogens is 1. The highest BCUT2D eigenvalue weighted by Gasteiger charge is 2.36. The Morgan fingerprint density at radius 1 is 1.32 bits per heavy atom. The van der Waals surface area contributed by atoms with Crippen molar-refractivity contribution in [1.82, 2.24) is 14.9 Å². The van der Waals surface area contributed by atoms with Crippen LogP contribution in [-0.2, 0) is 33.7 Å². The summed E-state index contributed by atoms with van der Waals surface area (Å²) in [6, 6.07) is 6.76. The number of carbonyl (C=O) groups is 2. The number of benzene rings is 1. The van der Waals surface area contributed by atoms with Gasteiger partial charge in [0, 0.05) is 6.42 Å². The van der Waals surface area contributed by atoms with Gasteiger partial charge in [-0.1, -0.05) is 12.1 Å². The fourth-order valence-electron chi connectivity index (χ4n) is 2.99. The maximum atomic E-state index is 12.8. The predicted octanol–water partition coefficient (Wildman–Crippen LogP) is 1.48. The Bertz CT molecular complexity index is 754. The topological polar surface area (TPSA) is 84.5 Å². The third-order valence-corrected chi connectivity index (χ3v) is 4.28. The van der Waals surface area contributed by atoms with Gasteiger partial charge in [-0.05, 0) is 24.6 Å². The Balaban J connectivity index is 1.75. The minimum atomic E-state index is -0.643. The van der Waals surface area contributed by atoms with Gasteiger partial charge in [-0.15, -0.1) is 0 Å². The third kappa shape index (κ3) is 3.65. The number of ether oxygens (including phenoxy) is 2. The molecule has 0 aliphatic carbocycles. The summed E-state index contributed by atoms with van der Waals surface area (Å²) < 4.78 is 10.3. The van der Waals surface area contributed by atoms with Crippen molar-refractivity contribution < 1.29 is 19.1 Å². The monoisotopic (exact) mass is 343 g/mol. The molecule has 3 rings (SSSR count). The van der Waals surface area contributed by atoms with Crippen molar-refractivity contribution >= 4 is 11.9 Å². The van der Waals surface area contributed by atoms with Crippen LogP contribution in [0.2, 0.25) is 0 Å². The largest absolute Gasteiger partial charge is 0.494 e. The van der Waals surface area contributed by atoms with Crippen LogP contribution in [0.15, 0.2) is 30.6 Å². The molecule has 0 radical (unpaired) electrons. The maximum Gasteiger partial charge on any atom is 0.329 e. The summed E-state index contributed by atoms with van der Waals surface area (Å²) in [6.45, 7) is 2.84. The smallest absolute Gasteiger partial charge is 0.329 e. The van der Waals surface area contributed by atoms with Gasteiger partial charge in [-0.2, -0.15) is 0 Å². The van der Waals surface area contributed by atoms with Crippen LogP contribution in [-0.4, -0.2) is 46.5 Å². The van der Waals surface area contributed by atoms with E-state index in [1.165, 1.54) is 7.11 Å². The number of methoxy groups -OCH3 is 1. The van der Waals surface area contributed by atoms with Crippen molar-refractivity contribution in [1.29, 1.82) is 0 Å². The second-order valence-electron chi connectivity index (χ2n) is 5.85. The van der Waals surface area contributed by atoms with Crippen LogP contribution in [0.3, 0.4) is 0 Å². The van der Waals surface area contributed by atoms with E-state index in [1.807, 2.05) is 31.2 Å². The van der Waals surface area contributed by atoms with Crippen LogP contribution in [0.4, 0.5) is 0 Å². The molecule has 1 amide bonds. The highest BCUT2D eigenvalue weighted by atomic mass is 16.5. The fraction of sp³-hybridized carbons (Fsp3) is 0.389. The van der Waals surface area contributed by atoms with Crippen molar-refractivity contribution in [3.63, 3.8) is 0 Å². The number of hydrogen-bond acceptors (Lipinski definition) is 5. The van der Waals surface area contributed by atoms with Crippen LogP contribution in [0.25, 0.3) is 0 Å². The first-order valence-corrected chi connectivity index (χ1v) is 8.22. The minimum absolute atomic E-state index is 0.125. The number of aromatic amines is 1. The van der Waals surface area contributed by atoms with Gasteiger partial charge < -0.3 is 19.4 Å². The van der Waals surface area contributed by atoms with Crippen LogP contribution in [0, 0.1) is 0 Å². The molecule has 0 spiro atoms. The van der Waals surface area contributed by atoms with Crippen molar-refractivity contribution in [2.24, 2.45) is 0 Å². The molecule has 132 valence electrons. The molecule has 7 heteroatoms. The SMILES string of the molecule is CCOc1ccc(CC(=O)N2Cc3[nH]cnc3CC2C(=O)OC)cc1. The molecule has 1 aliphatic heterocycles. The lowest BCUT2D eigenvalue weighted by molar-refractivity contribution is -0.153. The number of hydrogen-bond donors (Lipinski definition) is 1. The molecular formula is C18H21N3O4. The molecule has 1 atom stereocenters. The number of amides is 1. The first kappa shape index (κ1) is 17.0. The molecule has 1 aromatic carbocycles. The number of imidazole rings is 1. The molecule has 2 aromatic rings. The Labute approximate surface area is 146 Å². The zero-order valence-corrected chi connectivity index (χ0v) is 14.3. The van der Waals surface area contributed by atoms with E-state index in [0.717, 1.165) is 22.7 Å². The molecule has 0 saturated heterocycles. The highest BCUT2D eigenvalue weighted by Crippen LogP contribution is 2.23. The lowest BCUT2D eigenvalue weighted by atomic mass is 10.0. The molecule has 0 saturated carbocycles. The van der Waals surface area contributed by atoms with E-state index in [-0.39, 0.29) is 12.3 Å². The molecule has 1 aromatic heterocycles. The average Bonchev–Trinajstić information content (AvgIpc) is 3.09. The normalized spacial score (nSPS) is 16.2. The van der Waals surface area contributed by atoms with E-state index in [4.69, 9.17) is 9.47 Å². The van der Waals surface area contributed by atoms with E-state index in [0.29, 0.717) is 19.6 Å². The standard InChI is InChI=1S/C18H21N3O4/c1-3-25-13-6-4-12(5-7-13)8-17(22)21-10-15-14(19-11-20-15)9-16(21)18(23)24-2/h4-7,11,16H,3,8-10H2,1-2H3,(H,19,20). The van der Waals surface area contributed by atoms with Crippen LogP contribution >= 0.6 is 0 Å². The highest BCUT2D eigenvalue weighted by molar-refractivity contribution is 5.86. The second-order valence-corrected chi connectivity index (χ2v) is 5.85. The lowest BCUT2D eigenvalue weighted by Crippen LogP contribution is -2.49. The summed E-state index contributed by atoms with van der Waals surface area (Å²) in [6.07, 6.45) is 2.16. The van der Waals surface area contributed by atoms with E-state index < -0.39 is 12.0 Å². The van der Waals surface area contributed by atoms with E-state index in [2.05, 4.69) is 9.97 Å². The quantitative estimate of drug-likeness (QED) is 0.831. The van der Waals surface area contributed by atoms with Gasteiger partial charge in [0.1, 0.15) is 11.8 Å². The summed E-state index contributed by atoms with van der Waals surface area (Å²) >= 11 is 0. The molecule has 0 bridgehead atoms. The Kier molecular flexibility index (Phi) is 5.02. The molecule has 1 N–H and O–H groups in total. The number of fused-ring (bicyclic) bond motifs is 1. The Morgan fingerprint density at radius 3 is 2.76 bits per heavy atom. The zero-order valence-electron chi connectivity index (χ0n) is 14.3. The first-order valence-electron chi connectivity index (χ1n) is 8.22. The first-order chi connectivity index (χ1) is 12.1. The molecule has 7 nitrogen and oxygen atoms in total. The lowest BCUT2D eigenvalue weighted by Gasteiger charge is -2.33. The average molecular weight is 343 g/mol. The Morgan fingerprint density at radius 2 is 2.08 bits per heavy atom. The summed E-state index contributed by atoms with van der Waals surface area (Å²) in [5.74, 6) is 0.222. The fourth-order valence-corrected chi connectivity index (χ4v) is 2.99. The summed E-state index contributed by atoms with van der Waals surface area (Å²) in [4.78, 5) is 33.7. The van der Waals surface area contributed by atoms with Crippen molar-refractivity contribution in [3.05, 3.63) is 47.5 Å². The molecular weight excluding hydrogens is 322 g/mol. The molecule has 1 unspecified atom stereocenters. The number of esters is 1. The van der Waals surface area contributed by atoms with Crippen molar-refractivity contribution in [3.8, 4) is 5.75 Å². The maximum absolute atomic E-state index is 12.8.